The lowest BCUT2D eigenvalue weighted by Crippen LogP contribution is -2.36. The van der Waals surface area contributed by atoms with Crippen LogP contribution < -0.4 is 4.90 Å². The number of esters is 1. The van der Waals surface area contributed by atoms with Crippen LogP contribution in [0.15, 0.2) is 0 Å². The molecular weight excluding hydrogens is 274 g/mol. The Morgan fingerprint density at radius 2 is 1.95 bits per heavy atom. The predicted molar refractivity (Wildman–Crippen MR) is 76.5 cm³/mol. The minimum atomic E-state index is -0.594. The fourth-order valence-corrected chi connectivity index (χ4v) is 2.24. The number of aromatic nitrogens is 2. The van der Waals surface area contributed by atoms with Crippen LogP contribution in [0.25, 0.3) is 0 Å². The molecule has 0 fully saturated rings. The molecule has 7 nitrogen and oxygen atoms in total. The highest BCUT2D eigenvalue weighted by Crippen LogP contribution is 2.30. The molecule has 2 heterocycles. The summed E-state index contributed by atoms with van der Waals surface area (Å²) >= 11 is 0. The molecular formula is C14H21N3O4. The molecule has 0 aromatic carbocycles. The molecule has 0 N–H and O–H groups in total. The fourth-order valence-electron chi connectivity index (χ4n) is 2.24. The smallest absolute Gasteiger partial charge is 0.416 e. The van der Waals surface area contributed by atoms with E-state index in [-0.39, 0.29) is 6.61 Å². The minimum absolute atomic E-state index is 0.273. The topological polar surface area (TPSA) is 73.7 Å². The van der Waals surface area contributed by atoms with Crippen molar-refractivity contribution in [2.75, 3.05) is 18.1 Å². The summed E-state index contributed by atoms with van der Waals surface area (Å²) in [5.74, 6) is -0.00749. The second-order valence-electron chi connectivity index (χ2n) is 5.86. The predicted octanol–water partition coefficient (Wildman–Crippen LogP) is 2.12. The van der Waals surface area contributed by atoms with E-state index in [4.69, 9.17) is 9.47 Å². The van der Waals surface area contributed by atoms with Gasteiger partial charge in [-0.2, -0.15) is 5.10 Å². The number of fused-ring (bicyclic) bond motifs is 1. The minimum Gasteiger partial charge on any atom is -0.462 e. The summed E-state index contributed by atoms with van der Waals surface area (Å²) in [6.07, 6.45) is -0.480. The largest absolute Gasteiger partial charge is 0.462 e. The van der Waals surface area contributed by atoms with Crippen LogP contribution in [-0.2, 0) is 16.0 Å². The third-order valence-electron chi connectivity index (χ3n) is 2.99. The van der Waals surface area contributed by atoms with Gasteiger partial charge in [-0.15, -0.1) is 0 Å². The van der Waals surface area contributed by atoms with Crippen LogP contribution in [0, 0.1) is 6.92 Å². The third-order valence-corrected chi connectivity index (χ3v) is 2.99. The molecule has 21 heavy (non-hydrogen) atoms. The lowest BCUT2D eigenvalue weighted by molar-refractivity contribution is 0.0526. The van der Waals surface area contributed by atoms with Crippen molar-refractivity contribution in [3.05, 3.63) is 11.3 Å². The van der Waals surface area contributed by atoms with Crippen molar-refractivity contribution in [2.24, 2.45) is 0 Å². The number of carbonyl (C=O) groups is 2. The molecule has 1 aromatic heterocycles. The molecule has 1 aliphatic heterocycles. The third kappa shape index (κ3) is 3.01. The van der Waals surface area contributed by atoms with E-state index in [0.717, 1.165) is 0 Å². The number of nitrogens with zero attached hydrogens (tertiary/aromatic N) is 3. The van der Waals surface area contributed by atoms with E-state index in [1.807, 2.05) is 0 Å². The molecule has 7 heteroatoms. The van der Waals surface area contributed by atoms with E-state index in [1.54, 1.807) is 39.3 Å². The molecule has 1 aromatic rings. The molecule has 2 rings (SSSR count). The summed E-state index contributed by atoms with van der Waals surface area (Å²) in [6.45, 7) is 10.1. The van der Waals surface area contributed by atoms with Crippen LogP contribution in [0.5, 0.6) is 0 Å². The lowest BCUT2D eigenvalue weighted by atomic mass is 10.2. The second-order valence-corrected chi connectivity index (χ2v) is 5.86. The molecule has 0 saturated heterocycles. The van der Waals surface area contributed by atoms with Crippen molar-refractivity contribution < 1.29 is 19.1 Å². The molecule has 1 aliphatic rings. The Morgan fingerprint density at radius 3 is 2.52 bits per heavy atom. The number of carbonyl (C=O) groups excluding carboxylic acids is 2. The first-order valence-electron chi connectivity index (χ1n) is 6.99. The maximum atomic E-state index is 12.3. The van der Waals surface area contributed by atoms with Crippen molar-refractivity contribution in [1.82, 2.24) is 9.78 Å². The fraction of sp³-hybridized carbons (Fsp3) is 0.643. The lowest BCUT2D eigenvalue weighted by Gasteiger charge is -2.24. The van der Waals surface area contributed by atoms with Crippen LogP contribution in [-0.4, -0.2) is 40.6 Å². The van der Waals surface area contributed by atoms with Gasteiger partial charge in [-0.3, -0.25) is 4.90 Å². The van der Waals surface area contributed by atoms with Gasteiger partial charge in [0.1, 0.15) is 11.2 Å². The van der Waals surface area contributed by atoms with Gasteiger partial charge in [-0.05, 0) is 34.6 Å². The van der Waals surface area contributed by atoms with E-state index in [9.17, 15) is 9.59 Å². The van der Waals surface area contributed by atoms with Crippen molar-refractivity contribution in [3.8, 4) is 0 Å². The van der Waals surface area contributed by atoms with E-state index >= 15 is 0 Å². The number of ether oxygens (including phenoxy) is 2. The highest BCUT2D eigenvalue weighted by molar-refractivity contribution is 6.01. The number of hydrogen-bond acceptors (Lipinski definition) is 5. The van der Waals surface area contributed by atoms with Gasteiger partial charge in [0.25, 0.3) is 0 Å². The Hall–Kier alpha value is -2.05. The summed E-state index contributed by atoms with van der Waals surface area (Å²) in [5.41, 5.74) is 0.292. The van der Waals surface area contributed by atoms with Gasteiger partial charge in [0.05, 0.1) is 25.4 Å². The number of anilines is 1. The van der Waals surface area contributed by atoms with Gasteiger partial charge in [0.15, 0.2) is 5.82 Å². The molecule has 0 unspecified atom stereocenters. The van der Waals surface area contributed by atoms with Gasteiger partial charge in [0.2, 0.25) is 0 Å². The first kappa shape index (κ1) is 15.3. The average Bonchev–Trinajstić information content (AvgIpc) is 2.84. The van der Waals surface area contributed by atoms with Crippen molar-refractivity contribution >= 4 is 17.9 Å². The zero-order chi connectivity index (χ0) is 15.8. The van der Waals surface area contributed by atoms with Crippen LogP contribution in [0.4, 0.5) is 10.6 Å². The summed E-state index contributed by atoms with van der Waals surface area (Å²) < 4.78 is 12.1. The monoisotopic (exact) mass is 295 g/mol. The number of amides is 1. The molecule has 0 saturated carbocycles. The standard InChI is InChI=1S/C14H21N3O4/c1-6-20-12(18)10-9(2)15-17-8-7-16(11(10)17)13(19)21-14(3,4)5/h6-8H2,1-5H3. The SMILES string of the molecule is CCOC(=O)c1c(C)nn2c1N(C(=O)OC(C)(C)C)CC2. The van der Waals surface area contributed by atoms with Gasteiger partial charge in [0, 0.05) is 0 Å². The van der Waals surface area contributed by atoms with Gasteiger partial charge in [-0.25, -0.2) is 14.3 Å². The average molecular weight is 295 g/mol. The zero-order valence-corrected chi connectivity index (χ0v) is 13.1. The van der Waals surface area contributed by atoms with Gasteiger partial charge in [-0.1, -0.05) is 0 Å². The van der Waals surface area contributed by atoms with E-state index < -0.39 is 17.7 Å². The van der Waals surface area contributed by atoms with Crippen LogP contribution in [0.1, 0.15) is 43.7 Å². The molecule has 0 spiro atoms. The van der Waals surface area contributed by atoms with Gasteiger partial charge < -0.3 is 9.47 Å². The Morgan fingerprint density at radius 1 is 1.29 bits per heavy atom. The Bertz CT molecular complexity index is 572. The summed E-state index contributed by atoms with van der Waals surface area (Å²) in [6, 6.07) is 0. The highest BCUT2D eigenvalue weighted by atomic mass is 16.6. The molecule has 0 bridgehead atoms. The van der Waals surface area contributed by atoms with E-state index in [2.05, 4.69) is 5.10 Å². The molecule has 116 valence electrons. The summed E-state index contributed by atoms with van der Waals surface area (Å²) in [7, 11) is 0. The summed E-state index contributed by atoms with van der Waals surface area (Å²) in [5, 5.41) is 4.29. The quantitative estimate of drug-likeness (QED) is 0.781. The van der Waals surface area contributed by atoms with E-state index in [1.165, 1.54) is 4.90 Å². The van der Waals surface area contributed by atoms with Crippen molar-refractivity contribution in [2.45, 2.75) is 46.8 Å². The first-order chi connectivity index (χ1) is 9.74. The summed E-state index contributed by atoms with van der Waals surface area (Å²) in [4.78, 5) is 25.8. The maximum Gasteiger partial charge on any atom is 0.416 e. The Kier molecular flexibility index (Phi) is 3.93. The number of rotatable bonds is 2. The normalized spacial score (nSPS) is 14.0. The highest BCUT2D eigenvalue weighted by Gasteiger charge is 2.36. The van der Waals surface area contributed by atoms with Gasteiger partial charge >= 0.3 is 12.1 Å². The van der Waals surface area contributed by atoms with Crippen LogP contribution in [0.3, 0.4) is 0 Å². The zero-order valence-electron chi connectivity index (χ0n) is 13.1. The number of hydrogen-bond donors (Lipinski definition) is 0. The van der Waals surface area contributed by atoms with Crippen LogP contribution in [0.2, 0.25) is 0 Å². The Labute approximate surface area is 123 Å². The van der Waals surface area contributed by atoms with Crippen LogP contribution >= 0.6 is 0 Å². The molecule has 0 atom stereocenters. The van der Waals surface area contributed by atoms with Crippen molar-refractivity contribution in [1.29, 1.82) is 0 Å². The Balaban J connectivity index is 2.34. The van der Waals surface area contributed by atoms with Crippen molar-refractivity contribution in [3.63, 3.8) is 0 Å². The number of aryl methyl sites for hydroxylation is 1. The second kappa shape index (κ2) is 5.38. The first-order valence-corrected chi connectivity index (χ1v) is 6.99. The van der Waals surface area contributed by atoms with E-state index in [0.29, 0.717) is 30.2 Å². The molecule has 1 amide bonds. The maximum absolute atomic E-state index is 12.3. The molecule has 0 aliphatic carbocycles. The molecule has 0 radical (unpaired) electrons.